The number of rotatable bonds is 16. The molecule has 0 aliphatic rings. The molecule has 0 rings (SSSR count). The highest BCUT2D eigenvalue weighted by Gasteiger charge is 2.23. The zero-order valence-corrected chi connectivity index (χ0v) is 20.4. The third-order valence-electron chi connectivity index (χ3n) is 5.05. The number of amides is 1. The number of nitrogens with one attached hydrogen (secondary N) is 1. The van der Waals surface area contributed by atoms with Crippen LogP contribution in [0.2, 0.25) is 0 Å². The SMILES string of the molecule is C=CC(=O)N(C=C(C(=O)O)C(C=C(C)C(=O)O)CCNC(C)(C)C)CCCCCCCC. The van der Waals surface area contributed by atoms with Gasteiger partial charge in [0, 0.05) is 29.8 Å². The van der Waals surface area contributed by atoms with Gasteiger partial charge in [-0.15, -0.1) is 0 Å². The van der Waals surface area contributed by atoms with E-state index in [0.717, 1.165) is 32.1 Å². The highest BCUT2D eigenvalue weighted by atomic mass is 16.4. The fourth-order valence-corrected chi connectivity index (χ4v) is 3.20. The number of carboxylic acid groups (broad SMARTS) is 2. The lowest BCUT2D eigenvalue weighted by Gasteiger charge is -2.24. The maximum absolute atomic E-state index is 12.4. The fourth-order valence-electron chi connectivity index (χ4n) is 3.20. The zero-order chi connectivity index (χ0) is 24.7. The van der Waals surface area contributed by atoms with Gasteiger partial charge in [0.25, 0.3) is 0 Å². The Morgan fingerprint density at radius 2 is 1.62 bits per heavy atom. The van der Waals surface area contributed by atoms with E-state index in [2.05, 4.69) is 18.8 Å². The summed E-state index contributed by atoms with van der Waals surface area (Å²) in [5.41, 5.74) is -0.107. The molecular formula is C25H42N2O5. The van der Waals surface area contributed by atoms with Crippen molar-refractivity contribution in [3.05, 3.63) is 36.1 Å². The third kappa shape index (κ3) is 13.1. The average molecular weight is 451 g/mol. The molecule has 1 amide bonds. The van der Waals surface area contributed by atoms with Crippen molar-refractivity contribution in [3.8, 4) is 0 Å². The molecule has 0 radical (unpaired) electrons. The normalized spacial score (nSPS) is 13.5. The van der Waals surface area contributed by atoms with Gasteiger partial charge in [0.1, 0.15) is 0 Å². The lowest BCUT2D eigenvalue weighted by molar-refractivity contribution is -0.134. The summed E-state index contributed by atoms with van der Waals surface area (Å²) in [6.07, 6.45) is 10.6. The number of allylic oxidation sites excluding steroid dienone is 1. The molecule has 0 saturated carbocycles. The Labute approximate surface area is 193 Å². The van der Waals surface area contributed by atoms with Crippen LogP contribution in [0.25, 0.3) is 0 Å². The summed E-state index contributed by atoms with van der Waals surface area (Å²) in [5, 5.41) is 22.5. The van der Waals surface area contributed by atoms with Gasteiger partial charge in [0.05, 0.1) is 5.57 Å². The van der Waals surface area contributed by atoms with Gasteiger partial charge in [-0.05, 0) is 53.2 Å². The predicted molar refractivity (Wildman–Crippen MR) is 128 cm³/mol. The summed E-state index contributed by atoms with van der Waals surface area (Å²) in [4.78, 5) is 37.2. The quantitative estimate of drug-likeness (QED) is 0.231. The Hall–Kier alpha value is -2.41. The van der Waals surface area contributed by atoms with Gasteiger partial charge >= 0.3 is 11.9 Å². The van der Waals surface area contributed by atoms with E-state index in [1.807, 2.05) is 20.8 Å². The summed E-state index contributed by atoms with van der Waals surface area (Å²) in [5.74, 6) is -3.31. The highest BCUT2D eigenvalue weighted by molar-refractivity contribution is 5.92. The van der Waals surface area contributed by atoms with Crippen LogP contribution in [0.15, 0.2) is 36.1 Å². The minimum atomic E-state index is -1.18. The lowest BCUT2D eigenvalue weighted by atomic mass is 9.93. The van der Waals surface area contributed by atoms with E-state index in [9.17, 15) is 24.6 Å². The first-order valence-corrected chi connectivity index (χ1v) is 11.5. The molecule has 7 nitrogen and oxygen atoms in total. The molecule has 0 saturated heterocycles. The summed E-state index contributed by atoms with van der Waals surface area (Å²) >= 11 is 0. The molecule has 1 atom stereocenters. The van der Waals surface area contributed by atoms with Gasteiger partial charge in [0.2, 0.25) is 5.91 Å². The Morgan fingerprint density at radius 1 is 1.03 bits per heavy atom. The Kier molecular flexibility index (Phi) is 14.2. The molecule has 3 N–H and O–H groups in total. The zero-order valence-electron chi connectivity index (χ0n) is 20.4. The van der Waals surface area contributed by atoms with E-state index >= 15 is 0 Å². The molecule has 0 aliphatic carbocycles. The van der Waals surface area contributed by atoms with Crippen LogP contribution < -0.4 is 5.32 Å². The van der Waals surface area contributed by atoms with Crippen LogP contribution in [0.3, 0.4) is 0 Å². The van der Waals surface area contributed by atoms with Crippen LogP contribution >= 0.6 is 0 Å². The molecule has 0 aromatic heterocycles. The fraction of sp³-hybridized carbons (Fsp3) is 0.640. The van der Waals surface area contributed by atoms with Crippen molar-refractivity contribution < 1.29 is 24.6 Å². The monoisotopic (exact) mass is 450 g/mol. The van der Waals surface area contributed by atoms with Crippen LogP contribution in [-0.2, 0) is 14.4 Å². The van der Waals surface area contributed by atoms with Crippen LogP contribution in [-0.4, -0.2) is 51.6 Å². The van der Waals surface area contributed by atoms with E-state index in [-0.39, 0.29) is 22.6 Å². The number of hydrogen-bond donors (Lipinski definition) is 3. The van der Waals surface area contributed by atoms with Crippen molar-refractivity contribution in [1.82, 2.24) is 10.2 Å². The second-order valence-corrected chi connectivity index (χ2v) is 9.12. The van der Waals surface area contributed by atoms with Gasteiger partial charge in [-0.1, -0.05) is 51.7 Å². The van der Waals surface area contributed by atoms with Gasteiger partial charge < -0.3 is 20.4 Å². The molecule has 0 heterocycles. The molecule has 182 valence electrons. The second-order valence-electron chi connectivity index (χ2n) is 9.12. The molecule has 0 spiro atoms. The first kappa shape index (κ1) is 29.6. The Bertz CT molecular complexity index is 689. The topological polar surface area (TPSA) is 107 Å². The molecule has 0 fully saturated rings. The second kappa shape index (κ2) is 15.4. The molecule has 0 aromatic carbocycles. The molecule has 0 bridgehead atoms. The summed E-state index contributed by atoms with van der Waals surface area (Å²) in [7, 11) is 0. The predicted octanol–water partition coefficient (Wildman–Crippen LogP) is 4.76. The molecule has 32 heavy (non-hydrogen) atoms. The largest absolute Gasteiger partial charge is 0.478 e. The van der Waals surface area contributed by atoms with Gasteiger partial charge in [-0.2, -0.15) is 0 Å². The molecular weight excluding hydrogens is 408 g/mol. The van der Waals surface area contributed by atoms with E-state index in [0.29, 0.717) is 19.5 Å². The standard InChI is InChI=1S/C25H42N2O5/c1-7-9-10-11-12-13-16-27(22(28)8-2)18-21(24(31)32)20(17-19(3)23(29)30)14-15-26-25(4,5)6/h8,17-18,20,26H,2,7,9-16H2,1,3-6H3,(H,29,30)(H,31,32). The smallest absolute Gasteiger partial charge is 0.333 e. The van der Waals surface area contributed by atoms with Crippen LogP contribution in [0.1, 0.15) is 79.6 Å². The maximum atomic E-state index is 12.4. The van der Waals surface area contributed by atoms with Crippen molar-refractivity contribution in [3.63, 3.8) is 0 Å². The summed E-state index contributed by atoms with van der Waals surface area (Å²) in [6.45, 7) is 14.0. The van der Waals surface area contributed by atoms with Crippen LogP contribution in [0.5, 0.6) is 0 Å². The van der Waals surface area contributed by atoms with Crippen molar-refractivity contribution in [2.24, 2.45) is 5.92 Å². The number of aliphatic carboxylic acids is 2. The number of carbonyl (C=O) groups is 3. The van der Waals surface area contributed by atoms with Crippen molar-refractivity contribution in [2.75, 3.05) is 13.1 Å². The van der Waals surface area contributed by atoms with E-state index in [4.69, 9.17) is 0 Å². The van der Waals surface area contributed by atoms with Crippen LogP contribution in [0.4, 0.5) is 0 Å². The number of nitrogens with zero attached hydrogens (tertiary/aromatic N) is 1. The first-order chi connectivity index (χ1) is 14.9. The van der Waals surface area contributed by atoms with Gasteiger partial charge in [-0.3, -0.25) is 4.79 Å². The minimum absolute atomic E-state index is 0.0116. The number of carbonyl (C=O) groups excluding carboxylic acids is 1. The third-order valence-corrected chi connectivity index (χ3v) is 5.05. The van der Waals surface area contributed by atoms with Crippen LogP contribution in [0, 0.1) is 5.92 Å². The molecule has 0 aromatic rings. The molecule has 7 heteroatoms. The average Bonchev–Trinajstić information content (AvgIpc) is 2.70. The Balaban J connectivity index is 5.73. The number of hydrogen-bond acceptors (Lipinski definition) is 4. The molecule has 0 aliphatic heterocycles. The highest BCUT2D eigenvalue weighted by Crippen LogP contribution is 2.21. The van der Waals surface area contributed by atoms with Crippen molar-refractivity contribution >= 4 is 17.8 Å². The van der Waals surface area contributed by atoms with E-state index in [1.165, 1.54) is 36.6 Å². The minimum Gasteiger partial charge on any atom is -0.478 e. The van der Waals surface area contributed by atoms with Crippen molar-refractivity contribution in [2.45, 2.75) is 85.1 Å². The van der Waals surface area contributed by atoms with E-state index < -0.39 is 17.9 Å². The van der Waals surface area contributed by atoms with Gasteiger partial charge in [-0.25, -0.2) is 9.59 Å². The Morgan fingerprint density at radius 3 is 2.12 bits per heavy atom. The number of unbranched alkanes of at least 4 members (excludes halogenated alkanes) is 5. The van der Waals surface area contributed by atoms with E-state index in [1.54, 1.807) is 0 Å². The lowest BCUT2D eigenvalue weighted by Crippen LogP contribution is -2.37. The summed E-state index contributed by atoms with van der Waals surface area (Å²) in [6, 6.07) is 0. The summed E-state index contributed by atoms with van der Waals surface area (Å²) < 4.78 is 0. The first-order valence-electron chi connectivity index (χ1n) is 11.5. The maximum Gasteiger partial charge on any atom is 0.333 e. The number of carboxylic acids is 2. The van der Waals surface area contributed by atoms with Gasteiger partial charge in [0.15, 0.2) is 0 Å². The van der Waals surface area contributed by atoms with Crippen molar-refractivity contribution in [1.29, 1.82) is 0 Å². The molecule has 1 unspecified atom stereocenters.